The number of nitrogens with zero attached hydrogens (tertiary/aromatic N) is 2. The molecule has 2 heterocycles. The number of likely N-dealkylation sites (tertiary alicyclic amines) is 1. The molecular formula is C13H24ClN3OS. The molecule has 110 valence electrons. The van der Waals surface area contributed by atoms with E-state index in [-0.39, 0.29) is 12.4 Å². The summed E-state index contributed by atoms with van der Waals surface area (Å²) in [6, 6.07) is 0.426. The lowest BCUT2D eigenvalue weighted by Gasteiger charge is -2.38. The summed E-state index contributed by atoms with van der Waals surface area (Å²) in [7, 11) is 1.79. The minimum Gasteiger partial charge on any atom is -0.381 e. The van der Waals surface area contributed by atoms with Crippen LogP contribution in [0, 0.1) is 0 Å². The van der Waals surface area contributed by atoms with Crippen LogP contribution < -0.4 is 5.73 Å². The molecule has 1 fully saturated rings. The Balaban J connectivity index is 0.00000180. The fourth-order valence-electron chi connectivity index (χ4n) is 2.52. The van der Waals surface area contributed by atoms with Gasteiger partial charge in [0.05, 0.1) is 16.8 Å². The normalized spacial score (nSPS) is 24.2. The first kappa shape index (κ1) is 16.9. The Kier molecular flexibility index (Phi) is 7.25. The van der Waals surface area contributed by atoms with Gasteiger partial charge in [-0.1, -0.05) is 6.92 Å². The Bertz CT molecular complexity index is 375. The number of rotatable bonds is 5. The van der Waals surface area contributed by atoms with Gasteiger partial charge in [-0.25, -0.2) is 4.98 Å². The van der Waals surface area contributed by atoms with Crippen molar-refractivity contribution in [2.24, 2.45) is 5.73 Å². The molecule has 1 aromatic heterocycles. The van der Waals surface area contributed by atoms with Crippen LogP contribution >= 0.6 is 23.7 Å². The maximum absolute atomic E-state index is 5.88. The summed E-state index contributed by atoms with van der Waals surface area (Å²) in [5, 5.41) is 3.40. The van der Waals surface area contributed by atoms with Crippen molar-refractivity contribution in [2.75, 3.05) is 20.2 Å². The number of ether oxygens (including phenoxy) is 1. The van der Waals surface area contributed by atoms with Crippen molar-refractivity contribution in [1.82, 2.24) is 9.88 Å². The van der Waals surface area contributed by atoms with E-state index in [1.165, 1.54) is 10.7 Å². The van der Waals surface area contributed by atoms with Crippen molar-refractivity contribution in [1.29, 1.82) is 0 Å². The molecule has 0 saturated carbocycles. The number of halogens is 1. The van der Waals surface area contributed by atoms with Gasteiger partial charge in [0.2, 0.25) is 0 Å². The van der Waals surface area contributed by atoms with Crippen LogP contribution in [0.25, 0.3) is 0 Å². The first-order valence-corrected chi connectivity index (χ1v) is 7.55. The minimum atomic E-state index is 0. The molecular weight excluding hydrogens is 282 g/mol. The summed E-state index contributed by atoms with van der Waals surface area (Å²) < 4.78 is 5.45. The SMILES string of the molecule is CCc1nc(CN2CCC(OC)CC2CN)cs1.Cl. The molecule has 1 saturated heterocycles. The maximum Gasteiger partial charge on any atom is 0.0926 e. The number of hydrogen-bond donors (Lipinski definition) is 1. The molecule has 1 aliphatic heterocycles. The van der Waals surface area contributed by atoms with Crippen LogP contribution in [0.2, 0.25) is 0 Å². The van der Waals surface area contributed by atoms with E-state index in [1.807, 2.05) is 0 Å². The molecule has 0 bridgehead atoms. The van der Waals surface area contributed by atoms with E-state index in [4.69, 9.17) is 10.5 Å². The molecule has 0 aliphatic carbocycles. The Morgan fingerprint density at radius 1 is 1.58 bits per heavy atom. The third-order valence-corrected chi connectivity index (χ3v) is 4.70. The number of aromatic nitrogens is 1. The molecule has 0 amide bonds. The second-order valence-corrected chi connectivity index (χ2v) is 5.77. The Morgan fingerprint density at radius 2 is 2.37 bits per heavy atom. The zero-order valence-electron chi connectivity index (χ0n) is 11.7. The molecule has 1 aromatic rings. The summed E-state index contributed by atoms with van der Waals surface area (Å²) in [6.45, 7) is 4.83. The predicted octanol–water partition coefficient (Wildman–Crippen LogP) is 2.07. The first-order valence-electron chi connectivity index (χ1n) is 6.67. The van der Waals surface area contributed by atoms with Gasteiger partial charge >= 0.3 is 0 Å². The van der Waals surface area contributed by atoms with Crippen LogP contribution in [0.5, 0.6) is 0 Å². The third kappa shape index (κ3) is 4.39. The lowest BCUT2D eigenvalue weighted by Crippen LogP contribution is -2.48. The highest BCUT2D eigenvalue weighted by Crippen LogP contribution is 2.22. The standard InChI is InChI=1S/C13H23N3OS.ClH/c1-3-13-15-10(9-18-13)8-16-5-4-12(17-2)6-11(16)7-14;/h9,11-12H,3-8,14H2,1-2H3;1H. The van der Waals surface area contributed by atoms with Gasteiger partial charge in [-0.3, -0.25) is 4.90 Å². The average Bonchev–Trinajstić information content (AvgIpc) is 2.87. The van der Waals surface area contributed by atoms with Gasteiger partial charge in [-0.15, -0.1) is 23.7 Å². The first-order chi connectivity index (χ1) is 8.76. The number of aryl methyl sites for hydroxylation is 1. The Hall–Kier alpha value is -0.200. The Morgan fingerprint density at radius 3 is 2.95 bits per heavy atom. The maximum atomic E-state index is 5.88. The van der Waals surface area contributed by atoms with Gasteiger partial charge in [-0.05, 0) is 19.3 Å². The van der Waals surface area contributed by atoms with Gasteiger partial charge in [0, 0.05) is 38.2 Å². The van der Waals surface area contributed by atoms with Crippen molar-refractivity contribution < 1.29 is 4.74 Å². The van der Waals surface area contributed by atoms with E-state index < -0.39 is 0 Å². The molecule has 0 radical (unpaired) electrons. The fraction of sp³-hybridized carbons (Fsp3) is 0.769. The monoisotopic (exact) mass is 305 g/mol. The molecule has 6 heteroatoms. The van der Waals surface area contributed by atoms with E-state index in [0.29, 0.717) is 18.7 Å². The highest BCUT2D eigenvalue weighted by molar-refractivity contribution is 7.09. The Labute approximate surface area is 125 Å². The van der Waals surface area contributed by atoms with E-state index >= 15 is 0 Å². The van der Waals surface area contributed by atoms with Crippen molar-refractivity contribution in [3.8, 4) is 0 Å². The van der Waals surface area contributed by atoms with Crippen LogP contribution in [-0.4, -0.2) is 42.2 Å². The van der Waals surface area contributed by atoms with Gasteiger partial charge in [0.25, 0.3) is 0 Å². The van der Waals surface area contributed by atoms with E-state index in [2.05, 4.69) is 22.2 Å². The number of thiazole rings is 1. The second kappa shape index (κ2) is 8.17. The average molecular weight is 306 g/mol. The van der Waals surface area contributed by atoms with E-state index in [0.717, 1.165) is 32.4 Å². The van der Waals surface area contributed by atoms with Crippen LogP contribution in [0.3, 0.4) is 0 Å². The van der Waals surface area contributed by atoms with Gasteiger partial charge in [-0.2, -0.15) is 0 Å². The smallest absolute Gasteiger partial charge is 0.0926 e. The lowest BCUT2D eigenvalue weighted by molar-refractivity contribution is 0.00983. The molecule has 1 aliphatic rings. The molecule has 2 unspecified atom stereocenters. The van der Waals surface area contributed by atoms with Gasteiger partial charge in [0.15, 0.2) is 0 Å². The van der Waals surface area contributed by atoms with Crippen molar-refractivity contribution in [2.45, 2.75) is 44.9 Å². The number of methoxy groups -OCH3 is 1. The summed E-state index contributed by atoms with van der Waals surface area (Å²) in [6.07, 6.45) is 3.53. The largest absolute Gasteiger partial charge is 0.381 e. The van der Waals surface area contributed by atoms with Crippen molar-refractivity contribution in [3.05, 3.63) is 16.1 Å². The minimum absolute atomic E-state index is 0. The van der Waals surface area contributed by atoms with Gasteiger partial charge in [0.1, 0.15) is 0 Å². The molecule has 0 aromatic carbocycles. The second-order valence-electron chi connectivity index (χ2n) is 4.83. The van der Waals surface area contributed by atoms with Crippen molar-refractivity contribution >= 4 is 23.7 Å². The van der Waals surface area contributed by atoms with E-state index in [9.17, 15) is 0 Å². The predicted molar refractivity (Wildman–Crippen MR) is 82.0 cm³/mol. The summed E-state index contributed by atoms with van der Waals surface area (Å²) in [5.74, 6) is 0. The molecule has 19 heavy (non-hydrogen) atoms. The molecule has 2 rings (SSSR count). The van der Waals surface area contributed by atoms with Crippen LogP contribution in [0.4, 0.5) is 0 Å². The summed E-state index contributed by atoms with van der Waals surface area (Å²) in [5.41, 5.74) is 7.07. The highest BCUT2D eigenvalue weighted by Gasteiger charge is 2.27. The third-order valence-electron chi connectivity index (χ3n) is 3.66. The highest BCUT2D eigenvalue weighted by atomic mass is 35.5. The topological polar surface area (TPSA) is 51.4 Å². The quantitative estimate of drug-likeness (QED) is 0.905. The number of nitrogens with two attached hydrogens (primary N) is 1. The lowest BCUT2D eigenvalue weighted by atomic mass is 9.99. The van der Waals surface area contributed by atoms with E-state index in [1.54, 1.807) is 18.4 Å². The zero-order valence-corrected chi connectivity index (χ0v) is 13.3. The summed E-state index contributed by atoms with van der Waals surface area (Å²) in [4.78, 5) is 7.08. The van der Waals surface area contributed by atoms with Crippen LogP contribution in [0.15, 0.2) is 5.38 Å². The van der Waals surface area contributed by atoms with Crippen LogP contribution in [0.1, 0.15) is 30.5 Å². The molecule has 4 nitrogen and oxygen atoms in total. The fourth-order valence-corrected chi connectivity index (χ4v) is 3.26. The molecule has 0 spiro atoms. The van der Waals surface area contributed by atoms with Crippen molar-refractivity contribution in [3.63, 3.8) is 0 Å². The van der Waals surface area contributed by atoms with Crippen LogP contribution in [-0.2, 0) is 17.7 Å². The van der Waals surface area contributed by atoms with Gasteiger partial charge < -0.3 is 10.5 Å². The number of hydrogen-bond acceptors (Lipinski definition) is 5. The zero-order chi connectivity index (χ0) is 13.0. The number of piperidine rings is 1. The summed E-state index contributed by atoms with van der Waals surface area (Å²) >= 11 is 1.76. The molecule has 2 N–H and O–H groups in total. The molecule has 2 atom stereocenters.